The van der Waals surface area contributed by atoms with Crippen molar-refractivity contribution in [2.45, 2.75) is 51.4 Å². The van der Waals surface area contributed by atoms with Gasteiger partial charge in [0, 0.05) is 33.0 Å². The SMILES string of the molecule is COc1ccc(CO[C@]2(C)CN3C[C@@H](C)[C@@H]4CC[C@H]2[C@@]43C)cc1.[B]. The number of nitrogens with zero attached hydrogens (tertiary/aromatic N) is 1. The maximum atomic E-state index is 6.53. The standard InChI is InChI=1S/C20H29NO2.B/c1-14-11-21-13-19(2,18-10-9-17(14)20(18,21)3)23-12-15-5-7-16(22-4)8-6-15;/h5-8,14,17-18H,9-13H2,1-4H3;/t14-,17+,18-,19-,20-;/m1./s1. The van der Waals surface area contributed by atoms with E-state index in [0.29, 0.717) is 18.1 Å². The van der Waals surface area contributed by atoms with Crippen LogP contribution in [0, 0.1) is 17.8 Å². The Morgan fingerprint density at radius 2 is 1.88 bits per heavy atom. The lowest BCUT2D eigenvalue weighted by molar-refractivity contribution is -0.0672. The van der Waals surface area contributed by atoms with Crippen LogP contribution in [0.1, 0.15) is 39.2 Å². The Morgan fingerprint density at radius 1 is 1.17 bits per heavy atom. The maximum Gasteiger partial charge on any atom is 0.118 e. The first-order chi connectivity index (χ1) is 11.0. The van der Waals surface area contributed by atoms with Crippen LogP contribution in [0.2, 0.25) is 0 Å². The highest BCUT2D eigenvalue weighted by atomic mass is 16.5. The molecule has 4 heteroatoms. The molecule has 1 aromatic rings. The van der Waals surface area contributed by atoms with Crippen molar-refractivity contribution in [3.63, 3.8) is 0 Å². The smallest absolute Gasteiger partial charge is 0.118 e. The van der Waals surface area contributed by atoms with Gasteiger partial charge in [-0.3, -0.25) is 4.90 Å². The molecule has 3 nitrogen and oxygen atoms in total. The lowest BCUT2D eigenvalue weighted by Gasteiger charge is -2.36. The van der Waals surface area contributed by atoms with Gasteiger partial charge in [-0.1, -0.05) is 19.1 Å². The number of ether oxygens (including phenoxy) is 2. The van der Waals surface area contributed by atoms with Gasteiger partial charge in [-0.2, -0.15) is 0 Å². The average Bonchev–Trinajstić information content (AvgIpc) is 3.09. The number of methoxy groups -OCH3 is 1. The Labute approximate surface area is 148 Å². The molecule has 0 spiro atoms. The number of hydrogen-bond donors (Lipinski definition) is 0. The van der Waals surface area contributed by atoms with Crippen LogP contribution in [-0.4, -0.2) is 44.7 Å². The highest BCUT2D eigenvalue weighted by Crippen LogP contribution is 2.61. The van der Waals surface area contributed by atoms with Crippen molar-refractivity contribution in [3.8, 4) is 5.75 Å². The fourth-order valence-corrected chi connectivity index (χ4v) is 5.94. The summed E-state index contributed by atoms with van der Waals surface area (Å²) in [6, 6.07) is 8.25. The fourth-order valence-electron chi connectivity index (χ4n) is 5.94. The molecule has 2 saturated heterocycles. The molecule has 3 radical (unpaired) electrons. The van der Waals surface area contributed by atoms with Gasteiger partial charge in [0.15, 0.2) is 0 Å². The molecule has 2 aliphatic heterocycles. The molecule has 0 amide bonds. The molecule has 0 N–H and O–H groups in total. The molecule has 0 bridgehead atoms. The quantitative estimate of drug-likeness (QED) is 0.792. The van der Waals surface area contributed by atoms with Gasteiger partial charge >= 0.3 is 0 Å². The fraction of sp³-hybridized carbons (Fsp3) is 0.700. The van der Waals surface area contributed by atoms with Crippen molar-refractivity contribution in [1.82, 2.24) is 4.90 Å². The van der Waals surface area contributed by atoms with E-state index in [1.165, 1.54) is 24.9 Å². The van der Waals surface area contributed by atoms with Gasteiger partial charge in [0.25, 0.3) is 0 Å². The molecular weight excluding hydrogens is 297 g/mol. The molecule has 5 atom stereocenters. The van der Waals surface area contributed by atoms with Crippen LogP contribution in [-0.2, 0) is 11.3 Å². The van der Waals surface area contributed by atoms with Crippen molar-refractivity contribution in [2.24, 2.45) is 17.8 Å². The largest absolute Gasteiger partial charge is 0.497 e. The van der Waals surface area contributed by atoms with Gasteiger partial charge in [0.05, 0.1) is 19.3 Å². The minimum atomic E-state index is -0.0103. The lowest BCUT2D eigenvalue weighted by atomic mass is 9.77. The molecular formula is C20H29BNO2. The molecule has 24 heavy (non-hydrogen) atoms. The monoisotopic (exact) mass is 326 g/mol. The molecule has 3 fully saturated rings. The number of benzene rings is 1. The van der Waals surface area contributed by atoms with E-state index < -0.39 is 0 Å². The number of hydrogen-bond acceptors (Lipinski definition) is 3. The van der Waals surface area contributed by atoms with E-state index in [1.807, 2.05) is 12.1 Å². The molecule has 1 aliphatic carbocycles. The third kappa shape index (κ3) is 2.41. The zero-order valence-electron chi connectivity index (χ0n) is 15.4. The van der Waals surface area contributed by atoms with Gasteiger partial charge in [0.2, 0.25) is 0 Å². The Kier molecular flexibility index (Phi) is 4.50. The summed E-state index contributed by atoms with van der Waals surface area (Å²) in [4.78, 5) is 2.73. The zero-order valence-corrected chi connectivity index (χ0v) is 15.4. The van der Waals surface area contributed by atoms with E-state index >= 15 is 0 Å². The minimum absolute atomic E-state index is 0. The zero-order chi connectivity index (χ0) is 16.2. The van der Waals surface area contributed by atoms with Crippen LogP contribution in [0.5, 0.6) is 5.75 Å². The van der Waals surface area contributed by atoms with Gasteiger partial charge < -0.3 is 9.47 Å². The first-order valence-electron chi connectivity index (χ1n) is 8.99. The Bertz CT molecular complexity index is 592. The first-order valence-corrected chi connectivity index (χ1v) is 8.99. The van der Waals surface area contributed by atoms with Crippen molar-refractivity contribution < 1.29 is 9.47 Å². The summed E-state index contributed by atoms with van der Waals surface area (Å²) in [5.41, 5.74) is 1.59. The predicted octanol–water partition coefficient (Wildman–Crippen LogP) is 3.34. The average molecular weight is 326 g/mol. The van der Waals surface area contributed by atoms with Crippen LogP contribution in [0.25, 0.3) is 0 Å². The second-order valence-corrected chi connectivity index (χ2v) is 8.27. The normalized spacial score (nSPS) is 40.4. The van der Waals surface area contributed by atoms with E-state index in [1.54, 1.807) is 7.11 Å². The van der Waals surface area contributed by atoms with Gasteiger partial charge in [-0.05, 0) is 56.2 Å². The summed E-state index contributed by atoms with van der Waals surface area (Å²) in [5.74, 6) is 3.28. The molecule has 1 saturated carbocycles. The lowest BCUT2D eigenvalue weighted by Crippen LogP contribution is -2.43. The highest BCUT2D eigenvalue weighted by molar-refractivity contribution is 5.75. The van der Waals surface area contributed by atoms with E-state index in [2.05, 4.69) is 37.8 Å². The summed E-state index contributed by atoms with van der Waals surface area (Å²) in [7, 11) is 1.70. The molecule has 0 unspecified atom stereocenters. The van der Waals surface area contributed by atoms with Crippen molar-refractivity contribution >= 4 is 8.41 Å². The molecule has 3 aliphatic rings. The summed E-state index contributed by atoms with van der Waals surface area (Å²) >= 11 is 0. The second-order valence-electron chi connectivity index (χ2n) is 8.27. The Balaban J connectivity index is 0.00000169. The third-order valence-electron chi connectivity index (χ3n) is 7.07. The molecule has 2 heterocycles. The number of rotatable bonds is 4. The van der Waals surface area contributed by atoms with Crippen LogP contribution in [0.3, 0.4) is 0 Å². The van der Waals surface area contributed by atoms with Crippen LogP contribution < -0.4 is 4.74 Å². The third-order valence-corrected chi connectivity index (χ3v) is 7.07. The summed E-state index contributed by atoms with van der Waals surface area (Å²) in [5, 5.41) is 0. The summed E-state index contributed by atoms with van der Waals surface area (Å²) in [6.45, 7) is 10.3. The Hall–Kier alpha value is -0.995. The topological polar surface area (TPSA) is 21.7 Å². The van der Waals surface area contributed by atoms with E-state index in [9.17, 15) is 0 Å². The van der Waals surface area contributed by atoms with E-state index in [-0.39, 0.29) is 14.0 Å². The van der Waals surface area contributed by atoms with Crippen LogP contribution >= 0.6 is 0 Å². The minimum Gasteiger partial charge on any atom is -0.497 e. The van der Waals surface area contributed by atoms with Crippen molar-refractivity contribution in [1.29, 1.82) is 0 Å². The predicted molar refractivity (Wildman–Crippen MR) is 97.3 cm³/mol. The molecule has 4 rings (SSSR count). The van der Waals surface area contributed by atoms with Gasteiger partial charge in [-0.25, -0.2) is 0 Å². The summed E-state index contributed by atoms with van der Waals surface area (Å²) < 4.78 is 11.8. The van der Waals surface area contributed by atoms with E-state index in [4.69, 9.17) is 9.47 Å². The maximum absolute atomic E-state index is 6.53. The van der Waals surface area contributed by atoms with Gasteiger partial charge in [0.1, 0.15) is 5.75 Å². The van der Waals surface area contributed by atoms with E-state index in [0.717, 1.165) is 24.1 Å². The molecule has 1 aromatic carbocycles. The van der Waals surface area contributed by atoms with Gasteiger partial charge in [-0.15, -0.1) is 0 Å². The first kappa shape index (κ1) is 17.8. The Morgan fingerprint density at radius 3 is 2.54 bits per heavy atom. The van der Waals surface area contributed by atoms with Crippen LogP contribution in [0.15, 0.2) is 24.3 Å². The van der Waals surface area contributed by atoms with Crippen LogP contribution in [0.4, 0.5) is 0 Å². The van der Waals surface area contributed by atoms with Crippen molar-refractivity contribution in [3.05, 3.63) is 29.8 Å². The molecule has 129 valence electrons. The molecule has 0 aromatic heterocycles. The summed E-state index contributed by atoms with van der Waals surface area (Å²) in [6.07, 6.45) is 2.70. The highest BCUT2D eigenvalue weighted by Gasteiger charge is 2.67. The van der Waals surface area contributed by atoms with Crippen molar-refractivity contribution in [2.75, 3.05) is 20.2 Å². The second kappa shape index (κ2) is 6.07.